The van der Waals surface area contributed by atoms with Crippen molar-refractivity contribution in [2.75, 3.05) is 0 Å². The monoisotopic (exact) mass is 454 g/mol. The van der Waals surface area contributed by atoms with Crippen molar-refractivity contribution in [3.8, 4) is 5.75 Å². The molecule has 0 spiro atoms. The largest absolute Gasteiger partial charge is 0.488 e. The molecule has 1 heterocycles. The Hall–Kier alpha value is -2.06. The molecule has 1 aliphatic heterocycles. The van der Waals surface area contributed by atoms with Gasteiger partial charge in [-0.2, -0.15) is 0 Å². The predicted molar refractivity (Wildman–Crippen MR) is 99.6 cm³/mol. The van der Waals surface area contributed by atoms with Crippen LogP contribution < -0.4 is 15.4 Å². The number of benzene rings is 2. The molecule has 122 valence electrons. The molecule has 0 aliphatic carbocycles. The lowest BCUT2D eigenvalue weighted by Gasteiger charge is -2.09. The first kappa shape index (κ1) is 16.8. The van der Waals surface area contributed by atoms with Gasteiger partial charge in [-0.15, -0.1) is 0 Å². The summed E-state index contributed by atoms with van der Waals surface area (Å²) in [5.74, 6) is 0.311. The third kappa shape index (κ3) is 4.07. The number of nitrogens with one attached hydrogen (secondary N) is 2. The maximum absolute atomic E-state index is 11.5. The minimum atomic E-state index is -0.510. The Morgan fingerprint density at radius 2 is 1.83 bits per heavy atom. The maximum atomic E-state index is 11.5. The molecule has 2 aromatic carbocycles. The van der Waals surface area contributed by atoms with Crippen LogP contribution in [0.1, 0.15) is 11.1 Å². The Morgan fingerprint density at radius 3 is 2.46 bits per heavy atom. The van der Waals surface area contributed by atoms with Crippen molar-refractivity contribution in [1.29, 1.82) is 0 Å². The van der Waals surface area contributed by atoms with Gasteiger partial charge in [0.15, 0.2) is 0 Å². The summed E-state index contributed by atoms with van der Waals surface area (Å²) in [6.45, 7) is 0.437. The normalized spacial score (nSPS) is 15.3. The second kappa shape index (κ2) is 7.23. The van der Waals surface area contributed by atoms with Crippen molar-refractivity contribution in [1.82, 2.24) is 10.6 Å². The molecule has 5 nitrogen and oxygen atoms in total. The van der Waals surface area contributed by atoms with Gasteiger partial charge in [0.05, 0.1) is 3.57 Å². The zero-order chi connectivity index (χ0) is 17.1. The molecular weight excluding hydrogens is 443 g/mol. The second-order valence-electron chi connectivity index (χ2n) is 5.07. The molecule has 0 aromatic heterocycles. The van der Waals surface area contributed by atoms with Gasteiger partial charge >= 0.3 is 6.03 Å². The van der Waals surface area contributed by atoms with Crippen LogP contribution in [0.3, 0.4) is 0 Å². The summed E-state index contributed by atoms with van der Waals surface area (Å²) >= 11 is 8.03. The van der Waals surface area contributed by atoms with Gasteiger partial charge in [0.1, 0.15) is 18.1 Å². The van der Waals surface area contributed by atoms with Crippen molar-refractivity contribution in [3.63, 3.8) is 0 Å². The second-order valence-corrected chi connectivity index (χ2v) is 6.67. The van der Waals surface area contributed by atoms with Crippen LogP contribution in [0.25, 0.3) is 6.08 Å². The third-order valence-electron chi connectivity index (χ3n) is 3.29. The Morgan fingerprint density at radius 1 is 1.08 bits per heavy atom. The number of imide groups is 1. The standard InChI is InChI=1S/C17H12ClIN2O3/c18-12-4-1-10(2-5-12)9-24-15-6-3-11(7-13(15)19)8-14-16(22)21-17(23)20-14/h1-8H,9H2,(H2,20,21,22,23). The Labute approximate surface area is 157 Å². The number of urea groups is 1. The smallest absolute Gasteiger partial charge is 0.326 e. The number of halogens is 2. The summed E-state index contributed by atoms with van der Waals surface area (Å²) in [5, 5.41) is 5.31. The molecule has 0 radical (unpaired) electrons. The molecule has 7 heteroatoms. The molecule has 3 amide bonds. The van der Waals surface area contributed by atoms with E-state index >= 15 is 0 Å². The zero-order valence-corrected chi connectivity index (χ0v) is 15.2. The van der Waals surface area contributed by atoms with Crippen molar-refractivity contribution in [2.45, 2.75) is 6.61 Å². The molecule has 1 saturated heterocycles. The minimum absolute atomic E-state index is 0.227. The predicted octanol–water partition coefficient (Wildman–Crippen LogP) is 3.70. The topological polar surface area (TPSA) is 67.4 Å². The quantitative estimate of drug-likeness (QED) is 0.421. The van der Waals surface area contributed by atoms with Gasteiger partial charge in [-0.3, -0.25) is 10.1 Å². The van der Waals surface area contributed by atoms with Crippen LogP contribution in [-0.2, 0) is 11.4 Å². The fourth-order valence-electron chi connectivity index (χ4n) is 2.11. The van der Waals surface area contributed by atoms with E-state index in [1.165, 1.54) is 0 Å². The van der Waals surface area contributed by atoms with Gasteiger partial charge in [-0.1, -0.05) is 29.8 Å². The average molecular weight is 455 g/mol. The molecule has 2 aromatic rings. The lowest BCUT2D eigenvalue weighted by atomic mass is 10.2. The summed E-state index contributed by atoms with van der Waals surface area (Å²) in [5.41, 5.74) is 2.04. The number of ether oxygens (including phenoxy) is 1. The van der Waals surface area contributed by atoms with Crippen molar-refractivity contribution < 1.29 is 14.3 Å². The van der Waals surface area contributed by atoms with Crippen LogP contribution in [-0.4, -0.2) is 11.9 Å². The number of rotatable bonds is 4. The fourth-order valence-corrected chi connectivity index (χ4v) is 2.94. The highest BCUT2D eigenvalue weighted by atomic mass is 127. The number of hydrogen-bond acceptors (Lipinski definition) is 3. The van der Waals surface area contributed by atoms with Gasteiger partial charge in [-0.05, 0) is 64.1 Å². The number of hydrogen-bond donors (Lipinski definition) is 2. The highest BCUT2D eigenvalue weighted by Gasteiger charge is 2.22. The molecule has 24 heavy (non-hydrogen) atoms. The van der Waals surface area contributed by atoms with Crippen molar-refractivity contribution in [2.24, 2.45) is 0 Å². The van der Waals surface area contributed by atoms with Gasteiger partial charge in [0.25, 0.3) is 5.91 Å². The first-order chi connectivity index (χ1) is 11.5. The molecule has 0 bridgehead atoms. The molecule has 1 aliphatic rings. The maximum Gasteiger partial charge on any atom is 0.326 e. The first-order valence-corrected chi connectivity index (χ1v) is 8.48. The number of carbonyl (C=O) groups excluding carboxylic acids is 2. The summed E-state index contributed by atoms with van der Waals surface area (Å²) in [7, 11) is 0. The van der Waals surface area contributed by atoms with E-state index in [1.54, 1.807) is 6.08 Å². The van der Waals surface area contributed by atoms with Crippen LogP contribution in [0.2, 0.25) is 5.02 Å². The van der Waals surface area contributed by atoms with Crippen LogP contribution in [0.15, 0.2) is 48.2 Å². The van der Waals surface area contributed by atoms with E-state index in [9.17, 15) is 9.59 Å². The Balaban J connectivity index is 1.70. The summed E-state index contributed by atoms with van der Waals surface area (Å²) in [6.07, 6.45) is 1.62. The molecule has 0 atom stereocenters. The molecule has 0 saturated carbocycles. The van der Waals surface area contributed by atoms with E-state index in [0.29, 0.717) is 11.6 Å². The number of amides is 3. The lowest BCUT2D eigenvalue weighted by molar-refractivity contribution is -0.115. The van der Waals surface area contributed by atoms with E-state index in [0.717, 1.165) is 20.4 Å². The van der Waals surface area contributed by atoms with Crippen molar-refractivity contribution >= 4 is 52.2 Å². The van der Waals surface area contributed by atoms with Gasteiger partial charge in [0, 0.05) is 5.02 Å². The minimum Gasteiger partial charge on any atom is -0.488 e. The summed E-state index contributed by atoms with van der Waals surface area (Å²) < 4.78 is 6.71. The van der Waals surface area contributed by atoms with Gasteiger partial charge in [-0.25, -0.2) is 4.79 Å². The molecule has 2 N–H and O–H groups in total. The van der Waals surface area contributed by atoms with E-state index in [1.807, 2.05) is 42.5 Å². The molecular formula is C17H12ClIN2O3. The highest BCUT2D eigenvalue weighted by Crippen LogP contribution is 2.24. The Kier molecular flexibility index (Phi) is 5.06. The van der Waals surface area contributed by atoms with Crippen LogP contribution in [0.5, 0.6) is 5.75 Å². The molecule has 1 fully saturated rings. The summed E-state index contributed by atoms with van der Waals surface area (Å²) in [4.78, 5) is 22.6. The molecule has 3 rings (SSSR count). The van der Waals surface area contributed by atoms with Gasteiger partial charge in [0.2, 0.25) is 0 Å². The zero-order valence-electron chi connectivity index (χ0n) is 12.3. The number of carbonyl (C=O) groups is 2. The van der Waals surface area contributed by atoms with E-state index < -0.39 is 11.9 Å². The van der Waals surface area contributed by atoms with E-state index in [-0.39, 0.29) is 5.70 Å². The van der Waals surface area contributed by atoms with Crippen molar-refractivity contribution in [3.05, 3.63) is 67.9 Å². The average Bonchev–Trinajstić information content (AvgIpc) is 2.86. The lowest BCUT2D eigenvalue weighted by Crippen LogP contribution is -2.22. The molecule has 0 unspecified atom stereocenters. The third-order valence-corrected chi connectivity index (χ3v) is 4.39. The van der Waals surface area contributed by atoms with Crippen LogP contribution >= 0.6 is 34.2 Å². The highest BCUT2D eigenvalue weighted by molar-refractivity contribution is 14.1. The van der Waals surface area contributed by atoms with E-state index in [4.69, 9.17) is 16.3 Å². The van der Waals surface area contributed by atoms with Crippen LogP contribution in [0, 0.1) is 3.57 Å². The summed E-state index contributed by atoms with van der Waals surface area (Å²) in [6, 6.07) is 12.5. The van der Waals surface area contributed by atoms with Crippen LogP contribution in [0.4, 0.5) is 4.79 Å². The Bertz CT molecular complexity index is 834. The van der Waals surface area contributed by atoms with Gasteiger partial charge < -0.3 is 10.1 Å². The SMILES string of the molecule is O=C1NC(=O)C(=Cc2ccc(OCc3ccc(Cl)cc3)c(I)c2)N1. The first-order valence-electron chi connectivity index (χ1n) is 7.02. The fraction of sp³-hybridized carbons (Fsp3) is 0.0588. The van der Waals surface area contributed by atoms with E-state index in [2.05, 4.69) is 33.2 Å².